The maximum atomic E-state index is 12.9. The molecule has 7 nitrogen and oxygen atoms in total. The van der Waals surface area contributed by atoms with Crippen LogP contribution < -0.4 is 19.7 Å². The van der Waals surface area contributed by atoms with Crippen LogP contribution in [0.3, 0.4) is 0 Å². The summed E-state index contributed by atoms with van der Waals surface area (Å²) in [7, 11) is 2.92. The molecule has 2 aliphatic rings. The largest absolute Gasteiger partial charge is 0.497 e. The predicted octanol–water partition coefficient (Wildman–Crippen LogP) is 3.25. The van der Waals surface area contributed by atoms with Gasteiger partial charge in [0.15, 0.2) is 5.72 Å². The van der Waals surface area contributed by atoms with Gasteiger partial charge in [-0.25, -0.2) is 9.59 Å². The highest BCUT2D eigenvalue weighted by molar-refractivity contribution is 5.95. The Balaban J connectivity index is 1.75. The highest BCUT2D eigenvalue weighted by Crippen LogP contribution is 2.46. The average Bonchev–Trinajstić information content (AvgIpc) is 2.66. The fourth-order valence-electron chi connectivity index (χ4n) is 3.76. The fourth-order valence-corrected chi connectivity index (χ4v) is 3.76. The van der Waals surface area contributed by atoms with Gasteiger partial charge in [0, 0.05) is 18.1 Å². The Kier molecular flexibility index (Phi) is 3.95. The number of esters is 1. The molecule has 2 aromatic rings. The first-order chi connectivity index (χ1) is 12.9. The molecule has 2 amide bonds. The van der Waals surface area contributed by atoms with Crippen LogP contribution in [0.5, 0.6) is 11.5 Å². The molecule has 0 radical (unpaired) electrons. The predicted molar refractivity (Wildman–Crippen MR) is 98.2 cm³/mol. The van der Waals surface area contributed by atoms with Crippen LogP contribution in [-0.4, -0.2) is 31.9 Å². The topological polar surface area (TPSA) is 77.1 Å². The number of methoxy groups -OCH3 is 2. The number of nitrogens with one attached hydrogen (secondary N) is 1. The van der Waals surface area contributed by atoms with Crippen LogP contribution in [0.2, 0.25) is 0 Å². The van der Waals surface area contributed by atoms with Crippen molar-refractivity contribution in [1.82, 2.24) is 5.32 Å². The van der Waals surface area contributed by atoms with Crippen LogP contribution in [0.25, 0.3) is 0 Å². The fraction of sp³-hybridized carbons (Fsp3) is 0.300. The van der Waals surface area contributed by atoms with Crippen molar-refractivity contribution < 1.29 is 23.8 Å². The van der Waals surface area contributed by atoms with Gasteiger partial charge in [-0.05, 0) is 37.3 Å². The molecule has 2 aliphatic heterocycles. The molecular weight excluding hydrogens is 348 g/mol. The van der Waals surface area contributed by atoms with Crippen molar-refractivity contribution in [3.63, 3.8) is 0 Å². The van der Waals surface area contributed by atoms with Crippen LogP contribution >= 0.6 is 0 Å². The molecule has 1 saturated heterocycles. The average molecular weight is 368 g/mol. The van der Waals surface area contributed by atoms with Gasteiger partial charge in [0.1, 0.15) is 11.5 Å². The summed E-state index contributed by atoms with van der Waals surface area (Å²) in [5, 5.41) is 3.01. The summed E-state index contributed by atoms with van der Waals surface area (Å²) in [6, 6.07) is 11.9. The molecule has 0 aliphatic carbocycles. The van der Waals surface area contributed by atoms with Crippen molar-refractivity contribution in [2.24, 2.45) is 0 Å². The van der Waals surface area contributed by atoms with Crippen LogP contribution in [0.4, 0.5) is 10.5 Å². The molecule has 4 rings (SSSR count). The van der Waals surface area contributed by atoms with Gasteiger partial charge in [-0.2, -0.15) is 0 Å². The zero-order valence-corrected chi connectivity index (χ0v) is 15.3. The van der Waals surface area contributed by atoms with Crippen molar-refractivity contribution in [1.29, 1.82) is 0 Å². The van der Waals surface area contributed by atoms with E-state index < -0.39 is 11.7 Å². The molecule has 2 bridgehead atoms. The molecule has 27 heavy (non-hydrogen) atoms. The molecule has 2 atom stereocenters. The van der Waals surface area contributed by atoms with Crippen LogP contribution in [0, 0.1) is 0 Å². The number of ether oxygens (including phenoxy) is 3. The number of amides is 2. The van der Waals surface area contributed by atoms with E-state index in [0.29, 0.717) is 29.2 Å². The Bertz CT molecular complexity index is 928. The zero-order chi connectivity index (χ0) is 19.2. The third kappa shape index (κ3) is 2.75. The van der Waals surface area contributed by atoms with Gasteiger partial charge in [-0.1, -0.05) is 6.07 Å². The first kappa shape index (κ1) is 17.2. The number of rotatable bonds is 3. The molecular formula is C20H20N2O5. The van der Waals surface area contributed by atoms with E-state index in [1.165, 1.54) is 7.11 Å². The standard InChI is InChI=1S/C20H20N2O5/c1-20-11-16(15-9-12(18(23)26-3)7-8-17(15)27-20)21-19(24)22(20)13-5-4-6-14(10-13)25-2/h4-10,16H,11H2,1-3H3,(H,21,24). The molecule has 0 aromatic heterocycles. The van der Waals surface area contributed by atoms with Crippen LogP contribution in [0.15, 0.2) is 42.5 Å². The van der Waals surface area contributed by atoms with E-state index in [9.17, 15) is 9.59 Å². The van der Waals surface area contributed by atoms with E-state index in [-0.39, 0.29) is 12.1 Å². The highest BCUT2D eigenvalue weighted by atomic mass is 16.5. The maximum Gasteiger partial charge on any atom is 0.337 e. The second-order valence-corrected chi connectivity index (χ2v) is 6.76. The Hall–Kier alpha value is -3.22. The van der Waals surface area contributed by atoms with E-state index in [2.05, 4.69) is 5.32 Å². The molecule has 0 spiro atoms. The Morgan fingerprint density at radius 1 is 1.26 bits per heavy atom. The molecule has 1 N–H and O–H groups in total. The second kappa shape index (κ2) is 6.19. The third-order valence-corrected chi connectivity index (χ3v) is 5.00. The van der Waals surface area contributed by atoms with Crippen molar-refractivity contribution in [3.8, 4) is 11.5 Å². The summed E-state index contributed by atoms with van der Waals surface area (Å²) in [4.78, 5) is 26.3. The number of hydrogen-bond donors (Lipinski definition) is 1. The van der Waals surface area contributed by atoms with Gasteiger partial charge in [-0.3, -0.25) is 4.90 Å². The number of carbonyl (C=O) groups is 2. The number of anilines is 1. The lowest BCUT2D eigenvalue weighted by atomic mass is 9.89. The summed E-state index contributed by atoms with van der Waals surface area (Å²) < 4.78 is 16.3. The lowest BCUT2D eigenvalue weighted by Crippen LogP contribution is -2.65. The lowest BCUT2D eigenvalue weighted by Gasteiger charge is -2.50. The minimum Gasteiger partial charge on any atom is -0.497 e. The van der Waals surface area contributed by atoms with Crippen LogP contribution in [-0.2, 0) is 4.74 Å². The van der Waals surface area contributed by atoms with E-state index in [4.69, 9.17) is 14.2 Å². The van der Waals surface area contributed by atoms with E-state index in [0.717, 1.165) is 5.56 Å². The van der Waals surface area contributed by atoms with E-state index in [1.54, 1.807) is 36.3 Å². The van der Waals surface area contributed by atoms with Crippen molar-refractivity contribution in [2.45, 2.75) is 25.1 Å². The van der Waals surface area contributed by atoms with Crippen LogP contribution in [0.1, 0.15) is 35.3 Å². The minimum atomic E-state index is -0.862. The Labute approximate surface area is 156 Å². The second-order valence-electron chi connectivity index (χ2n) is 6.76. The quantitative estimate of drug-likeness (QED) is 0.842. The van der Waals surface area contributed by atoms with Gasteiger partial charge in [0.2, 0.25) is 0 Å². The number of carbonyl (C=O) groups excluding carboxylic acids is 2. The summed E-state index contributed by atoms with van der Waals surface area (Å²) in [5.41, 5.74) is 1.02. The summed E-state index contributed by atoms with van der Waals surface area (Å²) in [5.74, 6) is 0.866. The maximum absolute atomic E-state index is 12.9. The van der Waals surface area contributed by atoms with Gasteiger partial charge < -0.3 is 19.5 Å². The third-order valence-electron chi connectivity index (χ3n) is 5.00. The van der Waals surface area contributed by atoms with Gasteiger partial charge in [0.05, 0.1) is 31.5 Å². The van der Waals surface area contributed by atoms with Crippen molar-refractivity contribution >= 4 is 17.7 Å². The molecule has 2 aromatic carbocycles. The van der Waals surface area contributed by atoms with Gasteiger partial charge in [-0.15, -0.1) is 0 Å². The Morgan fingerprint density at radius 3 is 2.81 bits per heavy atom. The van der Waals surface area contributed by atoms with E-state index in [1.807, 2.05) is 25.1 Å². The SMILES string of the molecule is COC(=O)c1ccc2c(c1)C1CC(C)(O2)N(c2cccc(OC)c2)C(=O)N1. The molecule has 2 unspecified atom stereocenters. The smallest absolute Gasteiger partial charge is 0.337 e. The molecule has 2 heterocycles. The monoisotopic (exact) mass is 368 g/mol. The lowest BCUT2D eigenvalue weighted by molar-refractivity contribution is 0.0377. The Morgan fingerprint density at radius 2 is 2.07 bits per heavy atom. The summed E-state index contributed by atoms with van der Waals surface area (Å²) in [6.45, 7) is 1.88. The molecule has 7 heteroatoms. The first-order valence-corrected chi connectivity index (χ1v) is 8.61. The number of benzene rings is 2. The minimum absolute atomic E-state index is 0.252. The normalized spacial score (nSPS) is 23.0. The summed E-state index contributed by atoms with van der Waals surface area (Å²) in [6.07, 6.45) is 0.535. The van der Waals surface area contributed by atoms with E-state index >= 15 is 0 Å². The zero-order valence-electron chi connectivity index (χ0n) is 15.3. The summed E-state index contributed by atoms with van der Waals surface area (Å²) >= 11 is 0. The van der Waals surface area contributed by atoms with Crippen molar-refractivity contribution in [3.05, 3.63) is 53.6 Å². The van der Waals surface area contributed by atoms with Gasteiger partial charge in [0.25, 0.3) is 0 Å². The highest BCUT2D eigenvalue weighted by Gasteiger charge is 2.50. The van der Waals surface area contributed by atoms with Gasteiger partial charge >= 0.3 is 12.0 Å². The number of nitrogens with zero attached hydrogens (tertiary/aromatic N) is 1. The first-order valence-electron chi connectivity index (χ1n) is 8.61. The number of urea groups is 1. The molecule has 140 valence electrons. The van der Waals surface area contributed by atoms with Crippen molar-refractivity contribution in [2.75, 3.05) is 19.1 Å². The molecule has 0 saturated carbocycles. The number of hydrogen-bond acceptors (Lipinski definition) is 5. The molecule has 1 fully saturated rings. The number of fused-ring (bicyclic) bond motifs is 4.